The fraction of sp³-hybridized carbons (Fsp3) is 0.412. The SMILES string of the molecule is COc1ccc([C@@H]2c3cnn(C(C)C)c3NC(=O)[C@H]2[N+](=O)[O-])cc1OC. The molecule has 2 aromatic rings. The minimum Gasteiger partial charge on any atom is -0.493 e. The Morgan fingerprint density at radius 1 is 1.27 bits per heavy atom. The molecule has 9 nitrogen and oxygen atoms in total. The molecule has 1 amide bonds. The molecule has 9 heteroatoms. The molecule has 0 saturated heterocycles. The van der Waals surface area contributed by atoms with Crippen molar-refractivity contribution < 1.29 is 19.2 Å². The number of aromatic nitrogens is 2. The molecule has 138 valence electrons. The average molecular weight is 360 g/mol. The number of anilines is 1. The molecule has 0 radical (unpaired) electrons. The maximum absolute atomic E-state index is 12.5. The van der Waals surface area contributed by atoms with Crippen molar-refractivity contribution in [2.75, 3.05) is 19.5 Å². The van der Waals surface area contributed by atoms with Gasteiger partial charge in [0, 0.05) is 16.5 Å². The van der Waals surface area contributed by atoms with Crippen LogP contribution in [0.5, 0.6) is 11.5 Å². The van der Waals surface area contributed by atoms with E-state index in [1.807, 2.05) is 13.8 Å². The third-order valence-corrected chi connectivity index (χ3v) is 4.47. The molecule has 2 atom stereocenters. The number of rotatable bonds is 5. The Morgan fingerprint density at radius 3 is 2.54 bits per heavy atom. The summed E-state index contributed by atoms with van der Waals surface area (Å²) in [5, 5.41) is 18.6. The van der Waals surface area contributed by atoms with Crippen molar-refractivity contribution in [2.24, 2.45) is 0 Å². The standard InChI is InChI=1S/C17H20N4O5/c1-9(2)20-16-11(8-18-20)14(15(21(23)24)17(22)19-16)10-5-6-12(25-3)13(7-10)26-4/h5-9,14-15H,1-4H3,(H,19,22)/t14-,15+/m1/s1. The second-order valence-corrected chi connectivity index (χ2v) is 6.30. The zero-order valence-corrected chi connectivity index (χ0v) is 14.9. The van der Waals surface area contributed by atoms with Crippen molar-refractivity contribution in [3.05, 3.63) is 45.6 Å². The lowest BCUT2D eigenvalue weighted by molar-refractivity contribution is -0.509. The number of nitro groups is 1. The van der Waals surface area contributed by atoms with E-state index in [0.29, 0.717) is 28.4 Å². The Balaban J connectivity index is 2.19. The first-order valence-corrected chi connectivity index (χ1v) is 8.12. The van der Waals surface area contributed by atoms with Gasteiger partial charge in [0.15, 0.2) is 11.5 Å². The van der Waals surface area contributed by atoms with Gasteiger partial charge in [0.1, 0.15) is 5.82 Å². The zero-order chi connectivity index (χ0) is 19.0. The second-order valence-electron chi connectivity index (χ2n) is 6.30. The van der Waals surface area contributed by atoms with Gasteiger partial charge in [-0.3, -0.25) is 14.9 Å². The van der Waals surface area contributed by atoms with Gasteiger partial charge in [-0.2, -0.15) is 5.10 Å². The first-order chi connectivity index (χ1) is 12.4. The molecule has 0 saturated carbocycles. The van der Waals surface area contributed by atoms with Crippen molar-refractivity contribution in [1.29, 1.82) is 0 Å². The smallest absolute Gasteiger partial charge is 0.301 e. The monoisotopic (exact) mass is 360 g/mol. The summed E-state index contributed by atoms with van der Waals surface area (Å²) in [6, 6.07) is 3.58. The minimum absolute atomic E-state index is 0.00254. The summed E-state index contributed by atoms with van der Waals surface area (Å²) >= 11 is 0. The van der Waals surface area contributed by atoms with Crippen molar-refractivity contribution in [1.82, 2.24) is 9.78 Å². The topological polar surface area (TPSA) is 109 Å². The van der Waals surface area contributed by atoms with Gasteiger partial charge in [-0.1, -0.05) is 6.07 Å². The van der Waals surface area contributed by atoms with Crippen LogP contribution in [0.25, 0.3) is 0 Å². The van der Waals surface area contributed by atoms with Crippen LogP contribution in [-0.2, 0) is 4.79 Å². The van der Waals surface area contributed by atoms with E-state index < -0.39 is 22.8 Å². The number of ether oxygens (including phenoxy) is 2. The summed E-state index contributed by atoms with van der Waals surface area (Å²) in [4.78, 5) is 23.6. The number of carbonyl (C=O) groups excluding carboxylic acids is 1. The summed E-state index contributed by atoms with van der Waals surface area (Å²) in [6.45, 7) is 3.84. The van der Waals surface area contributed by atoms with Crippen LogP contribution in [0.4, 0.5) is 5.82 Å². The Kier molecular flexibility index (Phi) is 4.54. The molecule has 1 aliphatic rings. The van der Waals surface area contributed by atoms with Gasteiger partial charge in [0.2, 0.25) is 0 Å². The number of hydrogen-bond donors (Lipinski definition) is 1. The van der Waals surface area contributed by atoms with Gasteiger partial charge < -0.3 is 14.8 Å². The second kappa shape index (κ2) is 6.66. The Morgan fingerprint density at radius 2 is 1.96 bits per heavy atom. The number of hydrogen-bond acceptors (Lipinski definition) is 6. The Bertz CT molecular complexity index is 861. The predicted octanol–water partition coefficient (Wildman–Crippen LogP) is 2.21. The Labute approximate surface area is 150 Å². The third-order valence-electron chi connectivity index (χ3n) is 4.47. The third kappa shape index (κ3) is 2.75. The lowest BCUT2D eigenvalue weighted by atomic mass is 9.83. The molecule has 3 rings (SSSR count). The van der Waals surface area contributed by atoms with Gasteiger partial charge in [0.05, 0.1) is 26.3 Å². The maximum Gasteiger partial charge on any atom is 0.301 e. The quantitative estimate of drug-likeness (QED) is 0.647. The molecule has 1 aliphatic heterocycles. The summed E-state index contributed by atoms with van der Waals surface area (Å²) in [6.07, 6.45) is 1.58. The highest BCUT2D eigenvalue weighted by Gasteiger charge is 2.47. The van der Waals surface area contributed by atoms with Crippen molar-refractivity contribution in [2.45, 2.75) is 31.8 Å². The normalized spacial score (nSPS) is 19.0. The Hall–Kier alpha value is -3.10. The van der Waals surface area contributed by atoms with Gasteiger partial charge in [0.25, 0.3) is 0 Å². The molecular weight excluding hydrogens is 340 g/mol. The highest BCUT2D eigenvalue weighted by Crippen LogP contribution is 2.41. The molecule has 0 bridgehead atoms. The number of nitrogens with one attached hydrogen (secondary N) is 1. The number of methoxy groups -OCH3 is 2. The highest BCUT2D eigenvalue weighted by atomic mass is 16.6. The van der Waals surface area contributed by atoms with E-state index in [0.717, 1.165) is 0 Å². The molecule has 0 unspecified atom stereocenters. The van der Waals surface area contributed by atoms with Crippen LogP contribution in [0, 0.1) is 10.1 Å². The molecule has 2 heterocycles. The van der Waals surface area contributed by atoms with Crippen LogP contribution in [-0.4, -0.2) is 40.9 Å². The lowest BCUT2D eigenvalue weighted by Gasteiger charge is -2.27. The largest absolute Gasteiger partial charge is 0.493 e. The molecule has 1 aromatic carbocycles. The molecule has 0 spiro atoms. The van der Waals surface area contributed by atoms with Gasteiger partial charge in [-0.05, 0) is 31.5 Å². The number of amides is 1. The van der Waals surface area contributed by atoms with Gasteiger partial charge >= 0.3 is 11.9 Å². The first kappa shape index (κ1) is 17.7. The average Bonchev–Trinajstić information content (AvgIpc) is 3.03. The van der Waals surface area contributed by atoms with E-state index in [2.05, 4.69) is 10.4 Å². The van der Waals surface area contributed by atoms with E-state index in [9.17, 15) is 14.9 Å². The molecular formula is C17H20N4O5. The molecule has 1 N–H and O–H groups in total. The molecule has 0 aliphatic carbocycles. The van der Waals surface area contributed by atoms with Crippen LogP contribution in [0.15, 0.2) is 24.4 Å². The number of carbonyl (C=O) groups is 1. The summed E-state index contributed by atoms with van der Waals surface area (Å²) in [5.41, 5.74) is 1.19. The van der Waals surface area contributed by atoms with E-state index in [-0.39, 0.29) is 6.04 Å². The summed E-state index contributed by atoms with van der Waals surface area (Å²) < 4.78 is 12.2. The van der Waals surface area contributed by atoms with Crippen molar-refractivity contribution in [3.8, 4) is 11.5 Å². The van der Waals surface area contributed by atoms with Crippen LogP contribution >= 0.6 is 0 Å². The van der Waals surface area contributed by atoms with Crippen molar-refractivity contribution >= 4 is 11.7 Å². The van der Waals surface area contributed by atoms with Crippen LogP contribution in [0.2, 0.25) is 0 Å². The summed E-state index contributed by atoms with van der Waals surface area (Å²) in [7, 11) is 3.00. The number of fused-ring (bicyclic) bond motifs is 1. The zero-order valence-electron chi connectivity index (χ0n) is 14.9. The van der Waals surface area contributed by atoms with Crippen LogP contribution < -0.4 is 14.8 Å². The van der Waals surface area contributed by atoms with Gasteiger partial charge in [-0.15, -0.1) is 0 Å². The number of nitrogens with zero attached hydrogens (tertiary/aromatic N) is 3. The predicted molar refractivity (Wildman–Crippen MR) is 93.4 cm³/mol. The van der Waals surface area contributed by atoms with E-state index in [4.69, 9.17) is 9.47 Å². The fourth-order valence-electron chi connectivity index (χ4n) is 3.26. The molecule has 0 fully saturated rings. The van der Waals surface area contributed by atoms with Crippen LogP contribution in [0.1, 0.15) is 36.9 Å². The number of benzene rings is 1. The summed E-state index contributed by atoms with van der Waals surface area (Å²) in [5.74, 6) is -0.00299. The fourth-order valence-corrected chi connectivity index (χ4v) is 3.26. The highest BCUT2D eigenvalue weighted by molar-refractivity contribution is 5.98. The molecule has 1 aromatic heterocycles. The van der Waals surface area contributed by atoms with E-state index >= 15 is 0 Å². The minimum atomic E-state index is -1.45. The van der Waals surface area contributed by atoms with E-state index in [1.54, 1.807) is 29.1 Å². The van der Waals surface area contributed by atoms with Crippen molar-refractivity contribution in [3.63, 3.8) is 0 Å². The maximum atomic E-state index is 12.5. The lowest BCUT2D eigenvalue weighted by Crippen LogP contribution is -2.44. The van der Waals surface area contributed by atoms with E-state index in [1.165, 1.54) is 14.2 Å². The van der Waals surface area contributed by atoms with Crippen LogP contribution in [0.3, 0.4) is 0 Å². The molecule has 26 heavy (non-hydrogen) atoms. The van der Waals surface area contributed by atoms with Gasteiger partial charge in [-0.25, -0.2) is 4.68 Å². The first-order valence-electron chi connectivity index (χ1n) is 8.12.